The molecule has 0 aliphatic heterocycles. The van der Waals surface area contributed by atoms with Crippen LogP contribution in [0.3, 0.4) is 0 Å². The second-order valence-electron chi connectivity index (χ2n) is 4.37. The molecule has 0 radical (unpaired) electrons. The van der Waals surface area contributed by atoms with Gasteiger partial charge in [0.15, 0.2) is 0 Å². The fraction of sp³-hybridized carbons (Fsp3) is 0.231. The first-order chi connectivity index (χ1) is 10.3. The lowest BCUT2D eigenvalue weighted by Crippen LogP contribution is -2.22. The third kappa shape index (κ3) is 5.44. The summed E-state index contributed by atoms with van der Waals surface area (Å²) in [5.41, 5.74) is 24.2. The zero-order chi connectivity index (χ0) is 16.7. The Morgan fingerprint density at radius 2 is 1.18 bits per heavy atom. The number of rotatable bonds is 5. The van der Waals surface area contributed by atoms with E-state index in [9.17, 15) is 0 Å². The van der Waals surface area contributed by atoms with E-state index in [1.54, 1.807) is 11.8 Å². The van der Waals surface area contributed by atoms with Gasteiger partial charge in [-0.15, -0.1) is 22.0 Å². The lowest BCUT2D eigenvalue weighted by molar-refractivity contribution is 1.19. The Labute approximate surface area is 133 Å². The summed E-state index contributed by atoms with van der Waals surface area (Å²) >= 11 is 1.60. The number of benzene rings is 1. The molecule has 0 saturated heterocycles. The van der Waals surface area contributed by atoms with Crippen LogP contribution < -0.4 is 22.9 Å². The van der Waals surface area contributed by atoms with Crippen molar-refractivity contribution in [2.24, 2.45) is 43.3 Å². The second kappa shape index (κ2) is 8.03. The average Bonchev–Trinajstić information content (AvgIpc) is 2.49. The minimum Gasteiger partial charge on any atom is -0.369 e. The summed E-state index contributed by atoms with van der Waals surface area (Å²) in [6.45, 7) is 3.64. The zero-order valence-electron chi connectivity index (χ0n) is 12.7. The van der Waals surface area contributed by atoms with Gasteiger partial charge in [-0.05, 0) is 49.4 Å². The van der Waals surface area contributed by atoms with Crippen LogP contribution in [-0.4, -0.2) is 29.6 Å². The number of nitrogens with two attached hydrogens (primary N) is 4. The standard InChI is InChI=1S/C13H20N8S/c1-7(18-20-12(14)15)9-4-10(6-11(5-9)22-3)8(2)19-21-13(16)17/h4-6H,1-3H3,(H4,14,15,20)(H4,16,17,21)/b18-7-,19-8+. The van der Waals surface area contributed by atoms with Gasteiger partial charge in [-0.1, -0.05) is 0 Å². The SMILES string of the molecule is CSc1cc(/C(C)=N\N=C(N)N)cc(/C(C)=N/N=C(N)N)c1. The van der Waals surface area contributed by atoms with E-state index < -0.39 is 0 Å². The van der Waals surface area contributed by atoms with Crippen LogP contribution in [0.2, 0.25) is 0 Å². The van der Waals surface area contributed by atoms with E-state index in [-0.39, 0.29) is 11.9 Å². The normalized spacial score (nSPS) is 12.0. The molecule has 0 fully saturated rings. The predicted octanol–water partition coefficient (Wildman–Crippen LogP) is 0.403. The number of hydrogen-bond acceptors (Lipinski definition) is 5. The molecule has 0 aliphatic rings. The van der Waals surface area contributed by atoms with Gasteiger partial charge in [-0.3, -0.25) is 0 Å². The van der Waals surface area contributed by atoms with Crippen molar-refractivity contribution in [2.45, 2.75) is 18.7 Å². The van der Waals surface area contributed by atoms with Gasteiger partial charge < -0.3 is 22.9 Å². The summed E-state index contributed by atoms with van der Waals surface area (Å²) in [5.74, 6) is -0.183. The first kappa shape index (κ1) is 17.5. The molecule has 1 rings (SSSR count). The largest absolute Gasteiger partial charge is 0.369 e. The fourth-order valence-corrected chi connectivity index (χ4v) is 2.01. The number of hydrogen-bond donors (Lipinski definition) is 4. The molecule has 8 N–H and O–H groups in total. The van der Waals surface area contributed by atoms with Crippen LogP contribution >= 0.6 is 11.8 Å². The van der Waals surface area contributed by atoms with Crippen molar-refractivity contribution in [3.05, 3.63) is 29.3 Å². The molecule has 0 aromatic heterocycles. The summed E-state index contributed by atoms with van der Waals surface area (Å²) < 4.78 is 0. The fourth-order valence-electron chi connectivity index (χ4n) is 1.52. The molecule has 0 bridgehead atoms. The van der Waals surface area contributed by atoms with Gasteiger partial charge >= 0.3 is 0 Å². The van der Waals surface area contributed by atoms with Crippen LogP contribution in [0.1, 0.15) is 25.0 Å². The molecular formula is C13H20N8S. The van der Waals surface area contributed by atoms with Gasteiger partial charge in [0.25, 0.3) is 0 Å². The van der Waals surface area contributed by atoms with Crippen LogP contribution in [0.15, 0.2) is 43.5 Å². The molecule has 0 amide bonds. The molecule has 0 heterocycles. The van der Waals surface area contributed by atoms with E-state index in [0.29, 0.717) is 11.4 Å². The van der Waals surface area contributed by atoms with Crippen molar-refractivity contribution in [3.8, 4) is 0 Å². The van der Waals surface area contributed by atoms with Crippen molar-refractivity contribution in [1.82, 2.24) is 0 Å². The van der Waals surface area contributed by atoms with Gasteiger partial charge in [0.05, 0.1) is 11.4 Å². The lowest BCUT2D eigenvalue weighted by Gasteiger charge is -2.07. The van der Waals surface area contributed by atoms with Gasteiger partial charge in [0.2, 0.25) is 11.9 Å². The van der Waals surface area contributed by atoms with E-state index in [1.165, 1.54) is 0 Å². The summed E-state index contributed by atoms with van der Waals surface area (Å²) in [7, 11) is 0. The van der Waals surface area contributed by atoms with E-state index in [4.69, 9.17) is 22.9 Å². The second-order valence-corrected chi connectivity index (χ2v) is 5.25. The Bertz CT molecular complexity index is 600. The first-order valence-electron chi connectivity index (χ1n) is 6.29. The minimum absolute atomic E-state index is 0.0916. The van der Waals surface area contributed by atoms with Gasteiger partial charge in [0.1, 0.15) is 0 Å². The van der Waals surface area contributed by atoms with Crippen LogP contribution in [0.5, 0.6) is 0 Å². The Morgan fingerprint density at radius 1 is 0.773 bits per heavy atom. The molecule has 0 saturated carbocycles. The molecule has 0 atom stereocenters. The highest BCUT2D eigenvalue weighted by molar-refractivity contribution is 7.98. The number of thioether (sulfide) groups is 1. The molecule has 1 aromatic rings. The number of nitrogens with zero attached hydrogens (tertiary/aromatic N) is 4. The Kier molecular flexibility index (Phi) is 6.39. The Hall–Kier alpha value is -2.55. The minimum atomic E-state index is -0.0916. The summed E-state index contributed by atoms with van der Waals surface area (Å²) in [4.78, 5) is 1.05. The van der Waals surface area contributed by atoms with Crippen LogP contribution in [0.25, 0.3) is 0 Å². The van der Waals surface area contributed by atoms with Gasteiger partial charge in [-0.2, -0.15) is 10.2 Å². The highest BCUT2D eigenvalue weighted by Crippen LogP contribution is 2.20. The molecule has 0 unspecified atom stereocenters. The van der Waals surface area contributed by atoms with E-state index in [1.807, 2.05) is 38.3 Å². The average molecular weight is 320 g/mol. The monoisotopic (exact) mass is 320 g/mol. The van der Waals surface area contributed by atoms with E-state index in [2.05, 4.69) is 20.4 Å². The quantitative estimate of drug-likeness (QED) is 0.268. The summed E-state index contributed by atoms with van der Waals surface area (Å²) in [6, 6.07) is 5.90. The number of guanidine groups is 2. The zero-order valence-corrected chi connectivity index (χ0v) is 13.6. The smallest absolute Gasteiger partial charge is 0.211 e. The Morgan fingerprint density at radius 3 is 1.50 bits per heavy atom. The van der Waals surface area contributed by atoms with Crippen molar-refractivity contribution < 1.29 is 0 Å². The maximum Gasteiger partial charge on any atom is 0.211 e. The summed E-state index contributed by atoms with van der Waals surface area (Å²) in [6.07, 6.45) is 1.98. The highest BCUT2D eigenvalue weighted by atomic mass is 32.2. The molecule has 22 heavy (non-hydrogen) atoms. The Balaban J connectivity index is 3.30. The third-order valence-electron chi connectivity index (χ3n) is 2.61. The highest BCUT2D eigenvalue weighted by Gasteiger charge is 2.06. The molecule has 9 heteroatoms. The molecular weight excluding hydrogens is 300 g/mol. The molecule has 8 nitrogen and oxygen atoms in total. The van der Waals surface area contributed by atoms with E-state index in [0.717, 1.165) is 16.0 Å². The molecule has 1 aromatic carbocycles. The van der Waals surface area contributed by atoms with Crippen molar-refractivity contribution in [3.63, 3.8) is 0 Å². The van der Waals surface area contributed by atoms with Crippen molar-refractivity contribution >= 4 is 35.1 Å². The van der Waals surface area contributed by atoms with Crippen molar-refractivity contribution in [1.29, 1.82) is 0 Å². The maximum atomic E-state index is 5.28. The maximum absolute atomic E-state index is 5.28. The van der Waals surface area contributed by atoms with Gasteiger partial charge in [-0.25, -0.2) is 0 Å². The van der Waals surface area contributed by atoms with Crippen LogP contribution in [0.4, 0.5) is 0 Å². The predicted molar refractivity (Wildman–Crippen MR) is 94.3 cm³/mol. The van der Waals surface area contributed by atoms with Crippen LogP contribution in [-0.2, 0) is 0 Å². The van der Waals surface area contributed by atoms with Gasteiger partial charge in [0, 0.05) is 4.90 Å². The molecule has 0 spiro atoms. The first-order valence-corrected chi connectivity index (χ1v) is 7.52. The topological polar surface area (TPSA) is 154 Å². The molecule has 118 valence electrons. The third-order valence-corrected chi connectivity index (χ3v) is 3.32. The van der Waals surface area contributed by atoms with Crippen LogP contribution in [0, 0.1) is 0 Å². The summed E-state index contributed by atoms with van der Waals surface area (Å²) in [5, 5.41) is 15.3. The van der Waals surface area contributed by atoms with Crippen molar-refractivity contribution in [2.75, 3.05) is 6.26 Å². The van der Waals surface area contributed by atoms with E-state index >= 15 is 0 Å². The lowest BCUT2D eigenvalue weighted by atomic mass is 10.0. The molecule has 0 aliphatic carbocycles.